The minimum atomic E-state index is 0.753. The summed E-state index contributed by atoms with van der Waals surface area (Å²) in [5.74, 6) is 1.75. The van der Waals surface area contributed by atoms with E-state index >= 15 is 0 Å². The van der Waals surface area contributed by atoms with Crippen LogP contribution >= 0.6 is 0 Å². The highest BCUT2D eigenvalue weighted by Gasteiger charge is 2.05. The maximum Gasteiger partial charge on any atom is 0.126 e. The molecular formula is C15H19N3O. The number of pyridine rings is 1. The summed E-state index contributed by atoms with van der Waals surface area (Å²) in [6.45, 7) is 0.753. The second kappa shape index (κ2) is 6.09. The first-order valence-corrected chi connectivity index (χ1v) is 6.22. The van der Waals surface area contributed by atoms with Gasteiger partial charge in [0.05, 0.1) is 19.3 Å². The van der Waals surface area contributed by atoms with Gasteiger partial charge in [0.15, 0.2) is 0 Å². The molecule has 1 heterocycles. The van der Waals surface area contributed by atoms with Crippen molar-refractivity contribution in [2.75, 3.05) is 31.4 Å². The first-order valence-electron chi connectivity index (χ1n) is 6.22. The van der Waals surface area contributed by atoms with Crippen molar-refractivity contribution in [2.24, 2.45) is 0 Å². The molecule has 0 aliphatic heterocycles. The van der Waals surface area contributed by atoms with Crippen LogP contribution in [0, 0.1) is 0 Å². The zero-order valence-electron chi connectivity index (χ0n) is 11.6. The van der Waals surface area contributed by atoms with Crippen molar-refractivity contribution in [3.05, 3.63) is 48.2 Å². The topological polar surface area (TPSA) is 37.4 Å². The quantitative estimate of drug-likeness (QED) is 0.893. The van der Waals surface area contributed by atoms with Gasteiger partial charge in [-0.15, -0.1) is 0 Å². The van der Waals surface area contributed by atoms with E-state index in [-0.39, 0.29) is 0 Å². The van der Waals surface area contributed by atoms with Gasteiger partial charge in [-0.3, -0.25) is 0 Å². The fourth-order valence-corrected chi connectivity index (χ4v) is 1.89. The Morgan fingerprint density at radius 3 is 2.74 bits per heavy atom. The fraction of sp³-hybridized carbons (Fsp3) is 0.267. The summed E-state index contributed by atoms with van der Waals surface area (Å²) >= 11 is 0. The molecule has 0 fully saturated rings. The van der Waals surface area contributed by atoms with Crippen LogP contribution < -0.4 is 15.0 Å². The van der Waals surface area contributed by atoms with Crippen LogP contribution in [0.3, 0.4) is 0 Å². The van der Waals surface area contributed by atoms with E-state index in [4.69, 9.17) is 4.74 Å². The van der Waals surface area contributed by atoms with Crippen LogP contribution in [0.25, 0.3) is 0 Å². The SMILES string of the molecule is CNc1cccc(CN(C)c2cccc(OC)c2)n1. The standard InChI is InChI=1S/C15H19N3O/c1-16-15-9-4-6-12(17-15)11-18(2)13-7-5-8-14(10-13)19-3/h4-10H,11H2,1-3H3,(H,16,17). The van der Waals surface area contributed by atoms with Crippen LogP contribution in [0.5, 0.6) is 5.75 Å². The van der Waals surface area contributed by atoms with Gasteiger partial charge < -0.3 is 15.0 Å². The van der Waals surface area contributed by atoms with Gasteiger partial charge in [0.25, 0.3) is 0 Å². The van der Waals surface area contributed by atoms with E-state index in [1.165, 1.54) is 0 Å². The predicted molar refractivity (Wildman–Crippen MR) is 78.9 cm³/mol. The third kappa shape index (κ3) is 3.37. The van der Waals surface area contributed by atoms with Crippen molar-refractivity contribution in [2.45, 2.75) is 6.54 Å². The first-order chi connectivity index (χ1) is 9.22. The summed E-state index contributed by atoms with van der Waals surface area (Å²) in [6.07, 6.45) is 0. The van der Waals surface area contributed by atoms with Gasteiger partial charge in [-0.05, 0) is 24.3 Å². The maximum atomic E-state index is 5.24. The molecule has 2 aromatic rings. The van der Waals surface area contributed by atoms with Crippen LogP contribution in [-0.2, 0) is 6.54 Å². The monoisotopic (exact) mass is 257 g/mol. The maximum absolute atomic E-state index is 5.24. The highest BCUT2D eigenvalue weighted by molar-refractivity contribution is 5.50. The minimum Gasteiger partial charge on any atom is -0.497 e. The van der Waals surface area contributed by atoms with Crippen molar-refractivity contribution in [1.29, 1.82) is 0 Å². The van der Waals surface area contributed by atoms with Crippen LogP contribution in [-0.4, -0.2) is 26.2 Å². The van der Waals surface area contributed by atoms with Gasteiger partial charge in [0, 0.05) is 25.8 Å². The molecule has 0 aliphatic rings. The van der Waals surface area contributed by atoms with E-state index in [1.54, 1.807) is 7.11 Å². The minimum absolute atomic E-state index is 0.753. The number of ether oxygens (including phenoxy) is 1. The van der Waals surface area contributed by atoms with Crippen LogP contribution in [0.4, 0.5) is 11.5 Å². The number of methoxy groups -OCH3 is 1. The molecule has 4 nitrogen and oxygen atoms in total. The van der Waals surface area contributed by atoms with E-state index in [1.807, 2.05) is 50.5 Å². The summed E-state index contributed by atoms with van der Waals surface area (Å²) in [6, 6.07) is 14.0. The average Bonchev–Trinajstić information content (AvgIpc) is 2.47. The molecule has 2 rings (SSSR count). The first kappa shape index (κ1) is 13.2. The Bertz CT molecular complexity index is 542. The lowest BCUT2D eigenvalue weighted by atomic mass is 10.2. The van der Waals surface area contributed by atoms with Crippen molar-refractivity contribution < 1.29 is 4.74 Å². The number of nitrogens with zero attached hydrogens (tertiary/aromatic N) is 2. The largest absolute Gasteiger partial charge is 0.497 e. The smallest absolute Gasteiger partial charge is 0.126 e. The fourth-order valence-electron chi connectivity index (χ4n) is 1.89. The van der Waals surface area contributed by atoms with Crippen molar-refractivity contribution in [3.63, 3.8) is 0 Å². The van der Waals surface area contributed by atoms with Gasteiger partial charge in [0.1, 0.15) is 11.6 Å². The third-order valence-corrected chi connectivity index (χ3v) is 2.96. The zero-order chi connectivity index (χ0) is 13.7. The van der Waals surface area contributed by atoms with Crippen LogP contribution in [0.1, 0.15) is 5.69 Å². The van der Waals surface area contributed by atoms with E-state index in [0.717, 1.165) is 29.5 Å². The molecule has 1 N–H and O–H groups in total. The Kier molecular flexibility index (Phi) is 4.23. The van der Waals surface area contributed by atoms with E-state index in [0.29, 0.717) is 0 Å². The zero-order valence-corrected chi connectivity index (χ0v) is 11.6. The molecule has 0 aliphatic carbocycles. The predicted octanol–water partition coefficient (Wildman–Crippen LogP) is 2.77. The number of aromatic nitrogens is 1. The third-order valence-electron chi connectivity index (χ3n) is 2.96. The Balaban J connectivity index is 2.13. The lowest BCUT2D eigenvalue weighted by Crippen LogP contribution is -2.17. The molecule has 0 saturated carbocycles. The molecule has 1 aromatic carbocycles. The molecule has 100 valence electrons. The van der Waals surface area contributed by atoms with E-state index in [9.17, 15) is 0 Å². The average molecular weight is 257 g/mol. The number of benzene rings is 1. The van der Waals surface area contributed by atoms with Crippen molar-refractivity contribution >= 4 is 11.5 Å². The van der Waals surface area contributed by atoms with Crippen LogP contribution in [0.2, 0.25) is 0 Å². The van der Waals surface area contributed by atoms with Crippen molar-refractivity contribution in [1.82, 2.24) is 4.98 Å². The number of hydrogen-bond donors (Lipinski definition) is 1. The summed E-state index contributed by atoms with van der Waals surface area (Å²) in [7, 11) is 5.59. The second-order valence-corrected chi connectivity index (χ2v) is 4.32. The molecule has 0 saturated heterocycles. The normalized spacial score (nSPS) is 10.1. The van der Waals surface area contributed by atoms with Crippen LogP contribution in [0.15, 0.2) is 42.5 Å². The highest BCUT2D eigenvalue weighted by atomic mass is 16.5. The second-order valence-electron chi connectivity index (χ2n) is 4.32. The number of rotatable bonds is 5. The molecule has 0 radical (unpaired) electrons. The van der Waals surface area contributed by atoms with E-state index in [2.05, 4.69) is 21.3 Å². The van der Waals surface area contributed by atoms with Gasteiger partial charge >= 0.3 is 0 Å². The Labute approximate surface area is 114 Å². The molecule has 1 aromatic heterocycles. The molecule has 19 heavy (non-hydrogen) atoms. The molecule has 0 amide bonds. The molecule has 0 bridgehead atoms. The van der Waals surface area contributed by atoms with Crippen molar-refractivity contribution in [3.8, 4) is 5.75 Å². The van der Waals surface area contributed by atoms with Gasteiger partial charge in [-0.25, -0.2) is 4.98 Å². The van der Waals surface area contributed by atoms with E-state index < -0.39 is 0 Å². The lowest BCUT2D eigenvalue weighted by molar-refractivity contribution is 0.415. The molecule has 0 atom stereocenters. The summed E-state index contributed by atoms with van der Waals surface area (Å²) in [5.41, 5.74) is 2.13. The highest BCUT2D eigenvalue weighted by Crippen LogP contribution is 2.21. The Morgan fingerprint density at radius 2 is 2.00 bits per heavy atom. The Morgan fingerprint density at radius 1 is 1.21 bits per heavy atom. The summed E-state index contributed by atoms with van der Waals surface area (Å²) in [4.78, 5) is 6.66. The lowest BCUT2D eigenvalue weighted by Gasteiger charge is -2.19. The number of hydrogen-bond acceptors (Lipinski definition) is 4. The summed E-state index contributed by atoms with van der Waals surface area (Å²) in [5, 5.41) is 3.05. The molecule has 0 spiro atoms. The Hall–Kier alpha value is -2.23. The number of nitrogens with one attached hydrogen (secondary N) is 1. The molecular weight excluding hydrogens is 238 g/mol. The van der Waals surface area contributed by atoms with Gasteiger partial charge in [-0.1, -0.05) is 12.1 Å². The molecule has 0 unspecified atom stereocenters. The van der Waals surface area contributed by atoms with Gasteiger partial charge in [-0.2, -0.15) is 0 Å². The van der Waals surface area contributed by atoms with Gasteiger partial charge in [0.2, 0.25) is 0 Å². The number of anilines is 2. The summed E-state index contributed by atoms with van der Waals surface area (Å²) < 4.78 is 5.24. The molecule has 4 heteroatoms.